The second kappa shape index (κ2) is 6.90. The van der Waals surface area contributed by atoms with Gasteiger partial charge in [-0.05, 0) is 19.4 Å². The number of para-hydroxylation sites is 1. The second-order valence-corrected chi connectivity index (χ2v) is 3.26. The molecule has 16 heavy (non-hydrogen) atoms. The average molecular weight is 222 g/mol. The normalized spacial score (nSPS) is 9.88. The number of hydrogen-bond donors (Lipinski definition) is 1. The fraction of sp³-hybridized carbons (Fsp3) is 0.385. The van der Waals surface area contributed by atoms with E-state index < -0.39 is 0 Å². The zero-order valence-corrected chi connectivity index (χ0v) is 9.61. The van der Waals surface area contributed by atoms with E-state index in [-0.39, 0.29) is 6.61 Å². The molecule has 0 aliphatic heterocycles. The maximum atomic E-state index is 9.21. The molecule has 0 aliphatic rings. The van der Waals surface area contributed by atoms with Gasteiger partial charge >= 0.3 is 0 Å². The van der Waals surface area contributed by atoms with Crippen LogP contribution in [0.5, 0.6) is 11.5 Å². The molecule has 1 rings (SSSR count). The molecule has 0 unspecified atom stereocenters. The highest BCUT2D eigenvalue weighted by atomic mass is 16.5. The Hall–Kier alpha value is -1.48. The summed E-state index contributed by atoms with van der Waals surface area (Å²) in [7, 11) is 0. The molecule has 3 heteroatoms. The molecule has 0 heterocycles. The maximum absolute atomic E-state index is 9.21. The Morgan fingerprint density at radius 1 is 1.38 bits per heavy atom. The maximum Gasteiger partial charge on any atom is 0.166 e. The fourth-order valence-electron chi connectivity index (χ4n) is 1.36. The largest absolute Gasteiger partial charge is 0.490 e. The van der Waals surface area contributed by atoms with Crippen LogP contribution in [-0.2, 0) is 6.61 Å². The van der Waals surface area contributed by atoms with Gasteiger partial charge in [0.2, 0.25) is 0 Å². The first kappa shape index (κ1) is 12.6. The first-order chi connectivity index (χ1) is 7.83. The molecule has 0 radical (unpaired) electrons. The van der Waals surface area contributed by atoms with Crippen molar-refractivity contribution >= 4 is 0 Å². The topological polar surface area (TPSA) is 38.7 Å². The van der Waals surface area contributed by atoms with Crippen molar-refractivity contribution in [2.75, 3.05) is 13.2 Å². The molecule has 0 spiro atoms. The Balaban J connectivity index is 2.85. The fourth-order valence-corrected chi connectivity index (χ4v) is 1.36. The lowest BCUT2D eigenvalue weighted by atomic mass is 10.2. The van der Waals surface area contributed by atoms with Crippen molar-refractivity contribution in [1.29, 1.82) is 0 Å². The molecule has 0 aromatic heterocycles. The highest BCUT2D eigenvalue weighted by Crippen LogP contribution is 2.31. The van der Waals surface area contributed by atoms with E-state index in [1.165, 1.54) is 0 Å². The van der Waals surface area contributed by atoms with Crippen LogP contribution in [0.15, 0.2) is 30.9 Å². The van der Waals surface area contributed by atoms with Crippen molar-refractivity contribution in [2.45, 2.75) is 20.0 Å². The lowest BCUT2D eigenvalue weighted by Crippen LogP contribution is -2.03. The SMILES string of the molecule is C=CCCOc1c(CO)cccc1OCC. The summed E-state index contributed by atoms with van der Waals surface area (Å²) in [5.74, 6) is 1.31. The third-order valence-corrected chi connectivity index (χ3v) is 2.10. The summed E-state index contributed by atoms with van der Waals surface area (Å²) < 4.78 is 11.0. The molecular formula is C13H18O3. The molecule has 0 atom stereocenters. The third-order valence-electron chi connectivity index (χ3n) is 2.10. The average Bonchev–Trinajstić information content (AvgIpc) is 2.31. The zero-order chi connectivity index (χ0) is 11.8. The van der Waals surface area contributed by atoms with Crippen LogP contribution in [0.2, 0.25) is 0 Å². The summed E-state index contributed by atoms with van der Waals surface area (Å²) in [5.41, 5.74) is 0.745. The molecule has 88 valence electrons. The smallest absolute Gasteiger partial charge is 0.166 e. The predicted octanol–water partition coefficient (Wildman–Crippen LogP) is 2.53. The van der Waals surface area contributed by atoms with Gasteiger partial charge in [-0.1, -0.05) is 18.2 Å². The number of ether oxygens (including phenoxy) is 2. The van der Waals surface area contributed by atoms with Crippen LogP contribution in [0.4, 0.5) is 0 Å². The summed E-state index contributed by atoms with van der Waals surface area (Å²) in [4.78, 5) is 0. The van der Waals surface area contributed by atoms with Crippen molar-refractivity contribution in [3.63, 3.8) is 0 Å². The molecular weight excluding hydrogens is 204 g/mol. The summed E-state index contributed by atoms with van der Waals surface area (Å²) in [6.45, 7) is 6.62. The summed E-state index contributed by atoms with van der Waals surface area (Å²) in [6, 6.07) is 5.51. The van der Waals surface area contributed by atoms with Gasteiger partial charge in [0, 0.05) is 5.56 Å². The lowest BCUT2D eigenvalue weighted by Gasteiger charge is -2.14. The second-order valence-electron chi connectivity index (χ2n) is 3.26. The molecule has 1 aromatic rings. The van der Waals surface area contributed by atoms with Crippen LogP contribution in [0, 0.1) is 0 Å². The molecule has 3 nitrogen and oxygen atoms in total. The lowest BCUT2D eigenvalue weighted by molar-refractivity contribution is 0.250. The molecule has 1 N–H and O–H groups in total. The molecule has 0 fully saturated rings. The van der Waals surface area contributed by atoms with Crippen LogP contribution in [-0.4, -0.2) is 18.3 Å². The number of benzene rings is 1. The first-order valence-electron chi connectivity index (χ1n) is 5.42. The summed E-state index contributed by atoms with van der Waals surface area (Å²) >= 11 is 0. The van der Waals surface area contributed by atoms with Crippen molar-refractivity contribution in [2.24, 2.45) is 0 Å². The van der Waals surface area contributed by atoms with Gasteiger partial charge in [0.05, 0.1) is 19.8 Å². The van der Waals surface area contributed by atoms with Gasteiger partial charge in [0.25, 0.3) is 0 Å². The van der Waals surface area contributed by atoms with Gasteiger partial charge in [0.1, 0.15) is 0 Å². The van der Waals surface area contributed by atoms with E-state index in [1.807, 2.05) is 25.1 Å². The van der Waals surface area contributed by atoms with Crippen molar-refractivity contribution in [3.8, 4) is 11.5 Å². The molecule has 0 bridgehead atoms. The van der Waals surface area contributed by atoms with E-state index in [2.05, 4.69) is 6.58 Å². The van der Waals surface area contributed by atoms with E-state index >= 15 is 0 Å². The number of aliphatic hydroxyl groups is 1. The van der Waals surface area contributed by atoms with E-state index in [4.69, 9.17) is 9.47 Å². The Labute approximate surface area is 96.3 Å². The van der Waals surface area contributed by atoms with Crippen LogP contribution in [0.1, 0.15) is 18.9 Å². The van der Waals surface area contributed by atoms with E-state index in [1.54, 1.807) is 6.08 Å². The van der Waals surface area contributed by atoms with Crippen LogP contribution in [0.25, 0.3) is 0 Å². The van der Waals surface area contributed by atoms with Crippen LogP contribution < -0.4 is 9.47 Å². The number of rotatable bonds is 7. The molecule has 0 saturated carbocycles. The Kier molecular flexibility index (Phi) is 5.43. The zero-order valence-electron chi connectivity index (χ0n) is 9.61. The summed E-state index contributed by atoms with van der Waals surface area (Å²) in [6.07, 6.45) is 2.56. The monoisotopic (exact) mass is 222 g/mol. The number of aliphatic hydroxyl groups excluding tert-OH is 1. The van der Waals surface area contributed by atoms with Gasteiger partial charge < -0.3 is 14.6 Å². The van der Waals surface area contributed by atoms with Gasteiger partial charge in [-0.2, -0.15) is 0 Å². The predicted molar refractivity (Wildman–Crippen MR) is 63.8 cm³/mol. The molecule has 1 aromatic carbocycles. The quantitative estimate of drug-likeness (QED) is 0.569. The van der Waals surface area contributed by atoms with Gasteiger partial charge in [-0.25, -0.2) is 0 Å². The summed E-state index contributed by atoms with van der Waals surface area (Å²) in [5, 5.41) is 9.21. The third kappa shape index (κ3) is 3.28. The first-order valence-corrected chi connectivity index (χ1v) is 5.42. The highest BCUT2D eigenvalue weighted by Gasteiger charge is 2.09. The van der Waals surface area contributed by atoms with Crippen molar-refractivity contribution in [3.05, 3.63) is 36.4 Å². The van der Waals surface area contributed by atoms with Crippen molar-refractivity contribution < 1.29 is 14.6 Å². The molecule has 0 saturated heterocycles. The van der Waals surface area contributed by atoms with Crippen LogP contribution in [0.3, 0.4) is 0 Å². The minimum Gasteiger partial charge on any atom is -0.490 e. The van der Waals surface area contributed by atoms with Gasteiger partial charge in [0.15, 0.2) is 11.5 Å². The Morgan fingerprint density at radius 2 is 2.19 bits per heavy atom. The van der Waals surface area contributed by atoms with Gasteiger partial charge in [-0.15, -0.1) is 6.58 Å². The Bertz CT molecular complexity index is 334. The van der Waals surface area contributed by atoms with E-state index in [0.29, 0.717) is 24.7 Å². The van der Waals surface area contributed by atoms with E-state index in [0.717, 1.165) is 12.0 Å². The molecule has 0 aliphatic carbocycles. The van der Waals surface area contributed by atoms with Crippen LogP contribution >= 0.6 is 0 Å². The highest BCUT2D eigenvalue weighted by molar-refractivity contribution is 5.46. The minimum absolute atomic E-state index is 0.0513. The van der Waals surface area contributed by atoms with Gasteiger partial charge in [-0.3, -0.25) is 0 Å². The minimum atomic E-state index is -0.0513. The standard InChI is InChI=1S/C13H18O3/c1-3-5-9-16-13-11(10-14)7-6-8-12(13)15-4-2/h3,6-8,14H,1,4-5,9-10H2,2H3. The van der Waals surface area contributed by atoms with E-state index in [9.17, 15) is 5.11 Å². The Morgan fingerprint density at radius 3 is 2.81 bits per heavy atom. The number of hydrogen-bond acceptors (Lipinski definition) is 3. The van der Waals surface area contributed by atoms with Crippen molar-refractivity contribution in [1.82, 2.24) is 0 Å². The molecule has 0 amide bonds.